The highest BCUT2D eigenvalue weighted by Crippen LogP contribution is 2.27. The van der Waals surface area contributed by atoms with Gasteiger partial charge in [0.1, 0.15) is 11.6 Å². The van der Waals surface area contributed by atoms with Crippen LogP contribution >= 0.6 is 0 Å². The molecular formula is C18H22N4O2. The van der Waals surface area contributed by atoms with E-state index >= 15 is 0 Å². The van der Waals surface area contributed by atoms with Gasteiger partial charge in [0.15, 0.2) is 6.61 Å². The lowest BCUT2D eigenvalue weighted by molar-refractivity contribution is -0.134. The summed E-state index contributed by atoms with van der Waals surface area (Å²) in [7, 11) is 1.86. The fourth-order valence-corrected chi connectivity index (χ4v) is 2.98. The maximum atomic E-state index is 12.4. The third-order valence-electron chi connectivity index (χ3n) is 4.28. The summed E-state index contributed by atoms with van der Waals surface area (Å²) in [5.41, 5.74) is 1.22. The molecule has 0 saturated carbocycles. The Morgan fingerprint density at radius 2 is 2.33 bits per heavy atom. The van der Waals surface area contributed by atoms with Gasteiger partial charge < -0.3 is 15.0 Å². The first-order valence-electron chi connectivity index (χ1n) is 8.20. The van der Waals surface area contributed by atoms with E-state index in [2.05, 4.69) is 21.4 Å². The molecule has 1 amide bonds. The van der Waals surface area contributed by atoms with Crippen LogP contribution in [0.5, 0.6) is 5.75 Å². The molecule has 6 heteroatoms. The fourth-order valence-electron chi connectivity index (χ4n) is 2.98. The number of aromatic nitrogens is 2. The summed E-state index contributed by atoms with van der Waals surface area (Å²) in [4.78, 5) is 22.6. The minimum Gasteiger partial charge on any atom is -0.482 e. The van der Waals surface area contributed by atoms with E-state index in [9.17, 15) is 4.79 Å². The molecule has 0 radical (unpaired) electrons. The molecule has 0 unspecified atom stereocenters. The first-order chi connectivity index (χ1) is 11.8. The highest BCUT2D eigenvalue weighted by molar-refractivity contribution is 5.78. The summed E-state index contributed by atoms with van der Waals surface area (Å²) < 4.78 is 5.52. The Bertz CT molecular complexity index is 678. The zero-order valence-electron chi connectivity index (χ0n) is 13.8. The van der Waals surface area contributed by atoms with Gasteiger partial charge in [0.25, 0.3) is 5.91 Å². The summed E-state index contributed by atoms with van der Waals surface area (Å²) in [6.45, 7) is 1.56. The van der Waals surface area contributed by atoms with Gasteiger partial charge in [-0.2, -0.15) is 0 Å². The van der Waals surface area contributed by atoms with Crippen molar-refractivity contribution in [3.8, 4) is 5.75 Å². The summed E-state index contributed by atoms with van der Waals surface area (Å²) in [5.74, 6) is 1.84. The maximum absolute atomic E-state index is 12.4. The van der Waals surface area contributed by atoms with Gasteiger partial charge in [0.05, 0.1) is 6.20 Å². The number of piperidine rings is 1. The standard InChI is InChI=1S/C18H22N4O2/c1-19-17-10-14(6-8-21-17)15-4-3-9-22(12-15)18(23)13-24-16-5-2-7-20-11-16/h2,5-8,10-11,15H,3-4,9,12-13H2,1H3,(H,19,21)/t15-/m1/s1. The van der Waals surface area contributed by atoms with Crippen LogP contribution in [0.3, 0.4) is 0 Å². The second-order valence-corrected chi connectivity index (χ2v) is 5.88. The smallest absolute Gasteiger partial charge is 0.260 e. The zero-order valence-corrected chi connectivity index (χ0v) is 13.8. The van der Waals surface area contributed by atoms with E-state index in [4.69, 9.17) is 4.74 Å². The van der Waals surface area contributed by atoms with E-state index in [1.54, 1.807) is 24.5 Å². The molecule has 6 nitrogen and oxygen atoms in total. The number of carbonyl (C=O) groups excluding carboxylic acids is 1. The minimum absolute atomic E-state index is 0.0199. The fraction of sp³-hybridized carbons (Fsp3) is 0.389. The Kier molecular flexibility index (Phi) is 5.25. The Morgan fingerprint density at radius 1 is 1.42 bits per heavy atom. The SMILES string of the molecule is CNc1cc([C@@H]2CCCN(C(=O)COc3cccnc3)C2)ccn1. The molecule has 0 bridgehead atoms. The third-order valence-corrected chi connectivity index (χ3v) is 4.28. The average Bonchev–Trinajstić information content (AvgIpc) is 2.67. The molecular weight excluding hydrogens is 304 g/mol. The topological polar surface area (TPSA) is 67.4 Å². The second-order valence-electron chi connectivity index (χ2n) is 5.88. The molecule has 1 atom stereocenters. The summed E-state index contributed by atoms with van der Waals surface area (Å²) >= 11 is 0. The predicted molar refractivity (Wildman–Crippen MR) is 92.1 cm³/mol. The highest BCUT2D eigenvalue weighted by atomic mass is 16.5. The number of amides is 1. The molecule has 1 saturated heterocycles. The lowest BCUT2D eigenvalue weighted by Gasteiger charge is -2.33. The van der Waals surface area contributed by atoms with E-state index in [0.717, 1.165) is 31.7 Å². The van der Waals surface area contributed by atoms with Crippen LogP contribution < -0.4 is 10.1 Å². The molecule has 24 heavy (non-hydrogen) atoms. The van der Waals surface area contributed by atoms with Gasteiger partial charge in [-0.25, -0.2) is 4.98 Å². The van der Waals surface area contributed by atoms with Crippen LogP contribution in [0.15, 0.2) is 42.9 Å². The number of hydrogen-bond donors (Lipinski definition) is 1. The molecule has 2 aromatic rings. The first kappa shape index (κ1) is 16.2. The number of ether oxygens (including phenoxy) is 1. The largest absolute Gasteiger partial charge is 0.482 e. The van der Waals surface area contributed by atoms with Gasteiger partial charge >= 0.3 is 0 Å². The Labute approximate surface area is 141 Å². The number of hydrogen-bond acceptors (Lipinski definition) is 5. The lowest BCUT2D eigenvalue weighted by atomic mass is 9.91. The van der Waals surface area contributed by atoms with Crippen LogP contribution in [0, 0.1) is 0 Å². The van der Waals surface area contributed by atoms with Crippen molar-refractivity contribution in [1.29, 1.82) is 0 Å². The van der Waals surface area contributed by atoms with Gasteiger partial charge in [-0.15, -0.1) is 0 Å². The van der Waals surface area contributed by atoms with Crippen LogP contribution in [0.1, 0.15) is 24.3 Å². The van der Waals surface area contributed by atoms with Crippen LogP contribution in [-0.4, -0.2) is 47.5 Å². The zero-order chi connectivity index (χ0) is 16.8. The number of pyridine rings is 2. The van der Waals surface area contributed by atoms with Crippen molar-refractivity contribution >= 4 is 11.7 Å². The summed E-state index contributed by atoms with van der Waals surface area (Å²) in [6, 6.07) is 7.69. The lowest BCUT2D eigenvalue weighted by Crippen LogP contribution is -2.41. The van der Waals surface area contributed by atoms with E-state index < -0.39 is 0 Å². The van der Waals surface area contributed by atoms with Gasteiger partial charge in [-0.1, -0.05) is 0 Å². The Balaban J connectivity index is 1.59. The Morgan fingerprint density at radius 3 is 3.12 bits per heavy atom. The van der Waals surface area contributed by atoms with Crippen molar-refractivity contribution < 1.29 is 9.53 Å². The maximum Gasteiger partial charge on any atom is 0.260 e. The van der Waals surface area contributed by atoms with Crippen molar-refractivity contribution in [2.24, 2.45) is 0 Å². The number of likely N-dealkylation sites (tertiary alicyclic amines) is 1. The number of carbonyl (C=O) groups is 1. The second kappa shape index (κ2) is 7.77. The molecule has 0 aromatic carbocycles. The summed E-state index contributed by atoms with van der Waals surface area (Å²) in [5, 5.41) is 3.06. The van der Waals surface area contributed by atoms with Gasteiger partial charge in [0, 0.05) is 38.4 Å². The van der Waals surface area contributed by atoms with Crippen molar-refractivity contribution in [2.75, 3.05) is 32.1 Å². The molecule has 1 fully saturated rings. The first-order valence-corrected chi connectivity index (χ1v) is 8.20. The Hall–Kier alpha value is -2.63. The average molecular weight is 326 g/mol. The van der Waals surface area contributed by atoms with E-state index in [1.165, 1.54) is 5.56 Å². The van der Waals surface area contributed by atoms with Crippen LogP contribution in [-0.2, 0) is 4.79 Å². The minimum atomic E-state index is 0.0199. The third kappa shape index (κ3) is 4.01. The molecule has 1 aliphatic rings. The predicted octanol–water partition coefficient (Wildman–Crippen LogP) is 2.30. The van der Waals surface area contributed by atoms with E-state index in [1.807, 2.05) is 24.2 Å². The molecule has 3 heterocycles. The molecule has 126 valence electrons. The molecule has 0 spiro atoms. The van der Waals surface area contributed by atoms with Gasteiger partial charge in [-0.05, 0) is 42.7 Å². The quantitative estimate of drug-likeness (QED) is 0.913. The van der Waals surface area contributed by atoms with Crippen molar-refractivity contribution in [3.05, 3.63) is 48.4 Å². The summed E-state index contributed by atoms with van der Waals surface area (Å²) in [6.07, 6.45) is 7.19. The van der Waals surface area contributed by atoms with Crippen molar-refractivity contribution in [2.45, 2.75) is 18.8 Å². The number of nitrogens with one attached hydrogen (secondary N) is 1. The monoisotopic (exact) mass is 326 g/mol. The molecule has 0 aliphatic carbocycles. The number of rotatable bonds is 5. The van der Waals surface area contributed by atoms with Gasteiger partial charge in [0.2, 0.25) is 0 Å². The van der Waals surface area contributed by atoms with Crippen LogP contribution in [0.4, 0.5) is 5.82 Å². The van der Waals surface area contributed by atoms with Crippen LogP contribution in [0.2, 0.25) is 0 Å². The molecule has 2 aromatic heterocycles. The van der Waals surface area contributed by atoms with E-state index in [-0.39, 0.29) is 12.5 Å². The molecule has 1 aliphatic heterocycles. The molecule has 1 N–H and O–H groups in total. The van der Waals surface area contributed by atoms with Crippen LogP contribution in [0.25, 0.3) is 0 Å². The number of nitrogens with zero attached hydrogens (tertiary/aromatic N) is 3. The van der Waals surface area contributed by atoms with Crippen molar-refractivity contribution in [1.82, 2.24) is 14.9 Å². The van der Waals surface area contributed by atoms with Crippen molar-refractivity contribution in [3.63, 3.8) is 0 Å². The van der Waals surface area contributed by atoms with E-state index in [0.29, 0.717) is 11.7 Å². The molecule has 3 rings (SSSR count). The normalized spacial score (nSPS) is 17.4. The number of anilines is 1. The van der Waals surface area contributed by atoms with Gasteiger partial charge in [-0.3, -0.25) is 9.78 Å². The highest BCUT2D eigenvalue weighted by Gasteiger charge is 2.25.